The van der Waals surface area contributed by atoms with Crippen molar-refractivity contribution in [3.63, 3.8) is 0 Å². The van der Waals surface area contributed by atoms with E-state index in [1.807, 2.05) is 37.1 Å². The summed E-state index contributed by atoms with van der Waals surface area (Å²) in [6.45, 7) is 5.57. The normalized spacial score (nSPS) is 10.5. The SMILES string of the molecule is CCCCN(C)c1nc(C)cc(C(=O)NCCCc2ccccc2)n1. The fraction of sp³-hybridized carbons (Fsp3) is 0.450. The van der Waals surface area contributed by atoms with Crippen molar-refractivity contribution in [2.24, 2.45) is 0 Å². The van der Waals surface area contributed by atoms with Crippen molar-refractivity contribution in [1.82, 2.24) is 15.3 Å². The lowest BCUT2D eigenvalue weighted by molar-refractivity contribution is 0.0948. The van der Waals surface area contributed by atoms with E-state index in [4.69, 9.17) is 0 Å². The van der Waals surface area contributed by atoms with Crippen LogP contribution >= 0.6 is 0 Å². The number of aryl methyl sites for hydroxylation is 2. The summed E-state index contributed by atoms with van der Waals surface area (Å²) in [6.07, 6.45) is 4.05. The number of aromatic nitrogens is 2. The molecule has 0 unspecified atom stereocenters. The number of nitrogens with zero attached hydrogens (tertiary/aromatic N) is 3. The number of benzene rings is 1. The average molecular weight is 340 g/mol. The molecule has 0 atom stereocenters. The van der Waals surface area contributed by atoms with Gasteiger partial charge in [0.25, 0.3) is 5.91 Å². The number of carbonyl (C=O) groups excluding carboxylic acids is 1. The Balaban J connectivity index is 1.89. The van der Waals surface area contributed by atoms with Gasteiger partial charge in [0.15, 0.2) is 0 Å². The third kappa shape index (κ3) is 6.18. The van der Waals surface area contributed by atoms with Gasteiger partial charge in [-0.2, -0.15) is 0 Å². The van der Waals surface area contributed by atoms with Crippen LogP contribution in [0.4, 0.5) is 5.95 Å². The number of amides is 1. The van der Waals surface area contributed by atoms with Crippen molar-refractivity contribution in [3.05, 3.63) is 53.3 Å². The molecule has 1 aromatic carbocycles. The maximum atomic E-state index is 12.4. The van der Waals surface area contributed by atoms with E-state index in [-0.39, 0.29) is 5.91 Å². The molecule has 5 nitrogen and oxygen atoms in total. The number of rotatable bonds is 9. The Kier molecular flexibility index (Phi) is 7.38. The van der Waals surface area contributed by atoms with Crippen LogP contribution in [0.1, 0.15) is 47.9 Å². The third-order valence-corrected chi connectivity index (χ3v) is 4.03. The predicted molar refractivity (Wildman–Crippen MR) is 102 cm³/mol. The van der Waals surface area contributed by atoms with E-state index in [1.165, 1.54) is 5.56 Å². The molecule has 0 radical (unpaired) electrons. The Morgan fingerprint density at radius 1 is 1.16 bits per heavy atom. The van der Waals surface area contributed by atoms with E-state index < -0.39 is 0 Å². The van der Waals surface area contributed by atoms with Gasteiger partial charge in [-0.1, -0.05) is 43.7 Å². The standard InChI is InChI=1S/C20H28N4O/c1-4-5-14-24(3)20-22-16(2)15-18(23-20)19(25)21-13-9-12-17-10-7-6-8-11-17/h6-8,10-11,15H,4-5,9,12-14H2,1-3H3,(H,21,25). The van der Waals surface area contributed by atoms with E-state index in [2.05, 4.69) is 34.3 Å². The van der Waals surface area contributed by atoms with Crippen LogP contribution in [0.25, 0.3) is 0 Å². The molecule has 0 bridgehead atoms. The minimum atomic E-state index is -0.135. The van der Waals surface area contributed by atoms with Gasteiger partial charge in [0.05, 0.1) is 0 Å². The van der Waals surface area contributed by atoms with Crippen molar-refractivity contribution >= 4 is 11.9 Å². The number of hydrogen-bond donors (Lipinski definition) is 1. The summed E-state index contributed by atoms with van der Waals surface area (Å²) in [7, 11) is 1.96. The van der Waals surface area contributed by atoms with Crippen molar-refractivity contribution < 1.29 is 4.79 Å². The van der Waals surface area contributed by atoms with Crippen molar-refractivity contribution in [1.29, 1.82) is 0 Å². The molecular weight excluding hydrogens is 312 g/mol. The van der Waals surface area contributed by atoms with Crippen LogP contribution in [0.2, 0.25) is 0 Å². The zero-order chi connectivity index (χ0) is 18.1. The Hall–Kier alpha value is -2.43. The zero-order valence-corrected chi connectivity index (χ0v) is 15.5. The highest BCUT2D eigenvalue weighted by Crippen LogP contribution is 2.10. The highest BCUT2D eigenvalue weighted by atomic mass is 16.1. The summed E-state index contributed by atoms with van der Waals surface area (Å²) in [5, 5.41) is 2.96. The first-order valence-electron chi connectivity index (χ1n) is 8.99. The van der Waals surface area contributed by atoms with Gasteiger partial charge in [0.1, 0.15) is 5.69 Å². The molecule has 0 aliphatic carbocycles. The smallest absolute Gasteiger partial charge is 0.270 e. The fourth-order valence-electron chi connectivity index (χ4n) is 2.56. The Bertz CT molecular complexity index is 673. The van der Waals surface area contributed by atoms with Crippen LogP contribution in [0.15, 0.2) is 36.4 Å². The van der Waals surface area contributed by atoms with E-state index >= 15 is 0 Å². The molecule has 0 aliphatic rings. The molecule has 2 aromatic rings. The number of anilines is 1. The summed E-state index contributed by atoms with van der Waals surface area (Å²) in [5.74, 6) is 0.478. The summed E-state index contributed by atoms with van der Waals surface area (Å²) in [4.78, 5) is 23.2. The number of nitrogens with one attached hydrogen (secondary N) is 1. The molecule has 0 spiro atoms. The van der Waals surface area contributed by atoms with E-state index in [1.54, 1.807) is 6.07 Å². The first-order valence-corrected chi connectivity index (χ1v) is 8.99. The Labute approximate surface area is 150 Å². The number of unbranched alkanes of at least 4 members (excludes halogenated alkanes) is 1. The maximum Gasteiger partial charge on any atom is 0.270 e. The first kappa shape index (κ1) is 18.9. The van der Waals surface area contributed by atoms with Gasteiger partial charge in [-0.15, -0.1) is 0 Å². The number of hydrogen-bond acceptors (Lipinski definition) is 4. The monoisotopic (exact) mass is 340 g/mol. The van der Waals surface area contributed by atoms with Crippen LogP contribution < -0.4 is 10.2 Å². The molecule has 1 amide bonds. The molecule has 5 heteroatoms. The fourth-order valence-corrected chi connectivity index (χ4v) is 2.56. The van der Waals surface area contributed by atoms with Crippen LogP contribution in [0, 0.1) is 6.92 Å². The lowest BCUT2D eigenvalue weighted by atomic mass is 10.1. The summed E-state index contributed by atoms with van der Waals surface area (Å²) in [6, 6.07) is 12.0. The lowest BCUT2D eigenvalue weighted by Crippen LogP contribution is -2.28. The maximum absolute atomic E-state index is 12.4. The topological polar surface area (TPSA) is 58.1 Å². The molecule has 1 N–H and O–H groups in total. The highest BCUT2D eigenvalue weighted by Gasteiger charge is 2.12. The molecule has 0 aliphatic heterocycles. The minimum Gasteiger partial charge on any atom is -0.351 e. The van der Waals surface area contributed by atoms with Gasteiger partial charge in [0.2, 0.25) is 5.95 Å². The molecule has 1 aromatic heterocycles. The third-order valence-electron chi connectivity index (χ3n) is 4.03. The van der Waals surface area contributed by atoms with Crippen molar-refractivity contribution in [2.75, 3.05) is 25.0 Å². The first-order chi connectivity index (χ1) is 12.1. The van der Waals surface area contributed by atoms with Gasteiger partial charge in [-0.25, -0.2) is 9.97 Å². The molecule has 0 fully saturated rings. The second kappa shape index (κ2) is 9.77. The Morgan fingerprint density at radius 3 is 2.64 bits per heavy atom. The Morgan fingerprint density at radius 2 is 1.92 bits per heavy atom. The minimum absolute atomic E-state index is 0.135. The largest absolute Gasteiger partial charge is 0.351 e. The molecule has 134 valence electrons. The van der Waals surface area contributed by atoms with E-state index in [9.17, 15) is 4.79 Å². The second-order valence-electron chi connectivity index (χ2n) is 6.31. The quantitative estimate of drug-likeness (QED) is 0.711. The molecular formula is C20H28N4O. The lowest BCUT2D eigenvalue weighted by Gasteiger charge is -2.17. The molecule has 0 saturated heterocycles. The van der Waals surface area contributed by atoms with Gasteiger partial charge in [-0.05, 0) is 37.8 Å². The predicted octanol–water partition coefficient (Wildman–Crippen LogP) is 3.38. The van der Waals surface area contributed by atoms with Crippen LogP contribution in [-0.2, 0) is 6.42 Å². The highest BCUT2D eigenvalue weighted by molar-refractivity contribution is 5.92. The van der Waals surface area contributed by atoms with Crippen LogP contribution in [0.5, 0.6) is 0 Å². The van der Waals surface area contributed by atoms with Crippen molar-refractivity contribution in [2.45, 2.75) is 39.5 Å². The van der Waals surface area contributed by atoms with Gasteiger partial charge < -0.3 is 10.2 Å². The molecule has 25 heavy (non-hydrogen) atoms. The summed E-state index contributed by atoms with van der Waals surface area (Å²) >= 11 is 0. The number of carbonyl (C=O) groups is 1. The van der Waals surface area contributed by atoms with Crippen molar-refractivity contribution in [3.8, 4) is 0 Å². The zero-order valence-electron chi connectivity index (χ0n) is 15.5. The second-order valence-corrected chi connectivity index (χ2v) is 6.31. The van der Waals surface area contributed by atoms with Gasteiger partial charge in [0, 0.05) is 25.8 Å². The van der Waals surface area contributed by atoms with Gasteiger partial charge >= 0.3 is 0 Å². The average Bonchev–Trinajstić information content (AvgIpc) is 2.63. The van der Waals surface area contributed by atoms with Crippen LogP contribution in [-0.4, -0.2) is 36.0 Å². The molecule has 1 heterocycles. The molecule has 0 saturated carbocycles. The van der Waals surface area contributed by atoms with Crippen LogP contribution in [0.3, 0.4) is 0 Å². The van der Waals surface area contributed by atoms with E-state index in [0.717, 1.165) is 37.9 Å². The summed E-state index contributed by atoms with van der Waals surface area (Å²) in [5.41, 5.74) is 2.53. The summed E-state index contributed by atoms with van der Waals surface area (Å²) < 4.78 is 0. The molecule has 2 rings (SSSR count). The van der Waals surface area contributed by atoms with E-state index in [0.29, 0.717) is 18.2 Å². The van der Waals surface area contributed by atoms with Gasteiger partial charge in [-0.3, -0.25) is 4.79 Å².